The zero-order valence-electron chi connectivity index (χ0n) is 9.93. The molecule has 2 aromatic rings. The average Bonchev–Trinajstić information content (AvgIpc) is 2.89. The van der Waals surface area contributed by atoms with Gasteiger partial charge in [0.15, 0.2) is 0 Å². The maximum atomic E-state index is 11.1. The molecule has 1 aromatic carbocycles. The van der Waals surface area contributed by atoms with Crippen LogP contribution in [0.1, 0.15) is 16.1 Å². The van der Waals surface area contributed by atoms with Crippen LogP contribution in [0.2, 0.25) is 0 Å². The average molecular weight is 246 g/mol. The number of rotatable bonds is 5. The molecule has 0 aliphatic carbocycles. The van der Waals surface area contributed by atoms with Crippen molar-refractivity contribution in [3.05, 3.63) is 42.0 Å². The third-order valence-electron chi connectivity index (χ3n) is 2.51. The van der Waals surface area contributed by atoms with Gasteiger partial charge in [-0.3, -0.25) is 4.79 Å². The Hall–Kier alpha value is -2.50. The molecule has 0 spiro atoms. The van der Waals surface area contributed by atoms with E-state index in [-0.39, 0.29) is 0 Å². The number of aromatic amines is 1. The lowest BCUT2D eigenvalue weighted by Crippen LogP contribution is -2.11. The zero-order chi connectivity index (χ0) is 13.0. The molecule has 0 radical (unpaired) electrons. The summed E-state index contributed by atoms with van der Waals surface area (Å²) in [6.07, 6.45) is 3.32. The first kappa shape index (κ1) is 12.0. The second kappa shape index (κ2) is 5.22. The number of primary amides is 1. The molecule has 0 aliphatic heterocycles. The number of hydrogen-bond donors (Lipinski definition) is 3. The minimum Gasteiger partial charge on any atom is -0.495 e. The van der Waals surface area contributed by atoms with Gasteiger partial charge in [0.05, 0.1) is 31.4 Å². The van der Waals surface area contributed by atoms with E-state index >= 15 is 0 Å². The third kappa shape index (κ3) is 2.60. The van der Waals surface area contributed by atoms with Crippen molar-refractivity contribution in [1.29, 1.82) is 0 Å². The SMILES string of the molecule is COc1ccc(C(N)=O)cc1NCc1cnc[nH]1. The summed E-state index contributed by atoms with van der Waals surface area (Å²) in [6, 6.07) is 5.00. The minimum atomic E-state index is -0.470. The fourth-order valence-corrected chi connectivity index (χ4v) is 1.57. The van der Waals surface area contributed by atoms with Gasteiger partial charge in [-0.25, -0.2) is 4.98 Å². The lowest BCUT2D eigenvalue weighted by Gasteiger charge is -2.11. The van der Waals surface area contributed by atoms with Gasteiger partial charge in [-0.15, -0.1) is 0 Å². The van der Waals surface area contributed by atoms with Crippen molar-refractivity contribution in [1.82, 2.24) is 9.97 Å². The normalized spacial score (nSPS) is 10.1. The molecule has 6 nitrogen and oxygen atoms in total. The number of methoxy groups -OCH3 is 1. The lowest BCUT2D eigenvalue weighted by molar-refractivity contribution is 0.100. The van der Waals surface area contributed by atoms with Gasteiger partial charge in [0, 0.05) is 11.8 Å². The predicted octanol–water partition coefficient (Wildman–Crippen LogP) is 1.13. The number of anilines is 1. The van der Waals surface area contributed by atoms with Crippen LogP contribution in [-0.4, -0.2) is 23.0 Å². The largest absolute Gasteiger partial charge is 0.495 e. The molecule has 0 aliphatic rings. The second-order valence-corrected chi connectivity index (χ2v) is 3.71. The number of nitrogens with zero attached hydrogens (tertiary/aromatic N) is 1. The van der Waals surface area contributed by atoms with Crippen molar-refractivity contribution >= 4 is 11.6 Å². The van der Waals surface area contributed by atoms with E-state index in [4.69, 9.17) is 10.5 Å². The number of imidazole rings is 1. The highest BCUT2D eigenvalue weighted by atomic mass is 16.5. The molecule has 1 heterocycles. The Balaban J connectivity index is 2.18. The number of hydrogen-bond acceptors (Lipinski definition) is 4. The van der Waals surface area contributed by atoms with Crippen molar-refractivity contribution in [2.75, 3.05) is 12.4 Å². The Morgan fingerprint density at radius 3 is 3.00 bits per heavy atom. The molecule has 94 valence electrons. The molecule has 0 bridgehead atoms. The number of carbonyl (C=O) groups excluding carboxylic acids is 1. The van der Waals surface area contributed by atoms with Gasteiger partial charge in [0.25, 0.3) is 0 Å². The highest BCUT2D eigenvalue weighted by molar-refractivity contribution is 5.94. The van der Waals surface area contributed by atoms with Gasteiger partial charge in [-0.1, -0.05) is 0 Å². The number of carbonyl (C=O) groups is 1. The van der Waals surface area contributed by atoms with Crippen LogP contribution in [0.4, 0.5) is 5.69 Å². The zero-order valence-corrected chi connectivity index (χ0v) is 9.93. The lowest BCUT2D eigenvalue weighted by atomic mass is 10.1. The molecule has 0 unspecified atom stereocenters. The number of nitrogens with two attached hydrogens (primary N) is 1. The van der Waals surface area contributed by atoms with Gasteiger partial charge >= 0.3 is 0 Å². The minimum absolute atomic E-state index is 0.433. The van der Waals surface area contributed by atoms with Crippen LogP contribution >= 0.6 is 0 Å². The molecule has 18 heavy (non-hydrogen) atoms. The van der Waals surface area contributed by atoms with E-state index in [1.54, 1.807) is 37.8 Å². The van der Waals surface area contributed by atoms with Crippen molar-refractivity contribution in [2.24, 2.45) is 5.73 Å². The van der Waals surface area contributed by atoms with Crippen LogP contribution in [-0.2, 0) is 6.54 Å². The molecule has 0 fully saturated rings. The van der Waals surface area contributed by atoms with E-state index in [2.05, 4.69) is 15.3 Å². The molecule has 0 saturated carbocycles. The molecule has 1 aromatic heterocycles. The maximum Gasteiger partial charge on any atom is 0.248 e. The quantitative estimate of drug-likeness (QED) is 0.737. The van der Waals surface area contributed by atoms with Gasteiger partial charge < -0.3 is 20.8 Å². The number of amides is 1. The number of benzene rings is 1. The van der Waals surface area contributed by atoms with Crippen LogP contribution in [0, 0.1) is 0 Å². The summed E-state index contributed by atoms with van der Waals surface area (Å²) < 4.78 is 5.21. The van der Waals surface area contributed by atoms with Crippen LogP contribution in [0.5, 0.6) is 5.75 Å². The van der Waals surface area contributed by atoms with Gasteiger partial charge in [0.1, 0.15) is 5.75 Å². The van der Waals surface area contributed by atoms with E-state index in [0.29, 0.717) is 23.5 Å². The molecule has 1 amide bonds. The van der Waals surface area contributed by atoms with Gasteiger partial charge in [0.2, 0.25) is 5.91 Å². The summed E-state index contributed by atoms with van der Waals surface area (Å²) in [5.41, 5.74) is 7.32. The summed E-state index contributed by atoms with van der Waals surface area (Å²) in [5.74, 6) is 0.182. The molecule has 4 N–H and O–H groups in total. The standard InChI is InChI=1S/C12H14N4O2/c1-18-11-3-2-8(12(13)17)4-10(11)15-6-9-5-14-7-16-9/h2-5,7,15H,6H2,1H3,(H2,13,17)(H,14,16). The first-order valence-corrected chi connectivity index (χ1v) is 5.39. The Morgan fingerprint density at radius 1 is 1.56 bits per heavy atom. The molecule has 2 rings (SSSR count). The Labute approximate surface area is 104 Å². The summed E-state index contributed by atoms with van der Waals surface area (Å²) in [4.78, 5) is 18.0. The summed E-state index contributed by atoms with van der Waals surface area (Å²) in [5, 5.41) is 3.16. The van der Waals surface area contributed by atoms with Crippen LogP contribution < -0.4 is 15.8 Å². The van der Waals surface area contributed by atoms with E-state index in [1.807, 2.05) is 0 Å². The summed E-state index contributed by atoms with van der Waals surface area (Å²) in [6.45, 7) is 0.554. The predicted molar refractivity (Wildman–Crippen MR) is 67.4 cm³/mol. The smallest absolute Gasteiger partial charge is 0.248 e. The van der Waals surface area contributed by atoms with Crippen molar-refractivity contribution < 1.29 is 9.53 Å². The Morgan fingerprint density at radius 2 is 2.39 bits per heavy atom. The first-order chi connectivity index (χ1) is 8.70. The monoisotopic (exact) mass is 246 g/mol. The van der Waals surface area contributed by atoms with E-state index in [0.717, 1.165) is 5.69 Å². The molecular formula is C12H14N4O2. The maximum absolute atomic E-state index is 11.1. The van der Waals surface area contributed by atoms with Crippen LogP contribution in [0.25, 0.3) is 0 Å². The fourth-order valence-electron chi connectivity index (χ4n) is 1.57. The summed E-state index contributed by atoms with van der Waals surface area (Å²) >= 11 is 0. The van der Waals surface area contributed by atoms with E-state index in [9.17, 15) is 4.79 Å². The third-order valence-corrected chi connectivity index (χ3v) is 2.51. The highest BCUT2D eigenvalue weighted by Gasteiger charge is 2.07. The number of ether oxygens (including phenoxy) is 1. The highest BCUT2D eigenvalue weighted by Crippen LogP contribution is 2.25. The van der Waals surface area contributed by atoms with E-state index < -0.39 is 5.91 Å². The molecule has 6 heteroatoms. The number of aromatic nitrogens is 2. The fraction of sp³-hybridized carbons (Fsp3) is 0.167. The number of H-pyrrole nitrogens is 1. The Kier molecular flexibility index (Phi) is 3.47. The van der Waals surface area contributed by atoms with Crippen molar-refractivity contribution in [3.63, 3.8) is 0 Å². The second-order valence-electron chi connectivity index (χ2n) is 3.71. The van der Waals surface area contributed by atoms with E-state index in [1.165, 1.54) is 0 Å². The molecular weight excluding hydrogens is 232 g/mol. The first-order valence-electron chi connectivity index (χ1n) is 5.39. The molecule has 0 atom stereocenters. The molecule has 0 saturated heterocycles. The van der Waals surface area contributed by atoms with Crippen molar-refractivity contribution in [2.45, 2.75) is 6.54 Å². The summed E-state index contributed by atoms with van der Waals surface area (Å²) in [7, 11) is 1.57. The number of nitrogens with one attached hydrogen (secondary N) is 2. The topological polar surface area (TPSA) is 93.0 Å². The van der Waals surface area contributed by atoms with Crippen LogP contribution in [0.15, 0.2) is 30.7 Å². The van der Waals surface area contributed by atoms with Gasteiger partial charge in [-0.05, 0) is 18.2 Å². The van der Waals surface area contributed by atoms with Crippen molar-refractivity contribution in [3.8, 4) is 5.75 Å². The Bertz CT molecular complexity index is 537. The van der Waals surface area contributed by atoms with Crippen LogP contribution in [0.3, 0.4) is 0 Å². The van der Waals surface area contributed by atoms with Gasteiger partial charge in [-0.2, -0.15) is 0 Å².